The van der Waals surface area contributed by atoms with Crippen LogP contribution in [0.5, 0.6) is 11.5 Å². The van der Waals surface area contributed by atoms with Gasteiger partial charge in [-0.2, -0.15) is 0 Å². The maximum atomic E-state index is 12.1. The first-order valence-electron chi connectivity index (χ1n) is 5.31. The molecule has 0 saturated carbocycles. The van der Waals surface area contributed by atoms with Gasteiger partial charge in [-0.15, -0.1) is 0 Å². The van der Waals surface area contributed by atoms with E-state index in [1.54, 1.807) is 18.2 Å². The molecule has 19 heavy (non-hydrogen) atoms. The predicted molar refractivity (Wildman–Crippen MR) is 66.3 cm³/mol. The van der Waals surface area contributed by atoms with Crippen LogP contribution in [0.3, 0.4) is 0 Å². The second-order valence-corrected chi connectivity index (χ2v) is 3.78. The Hall–Kier alpha value is -2.89. The molecule has 6 nitrogen and oxygen atoms in total. The second kappa shape index (κ2) is 4.77. The van der Waals surface area contributed by atoms with Crippen molar-refractivity contribution in [3.63, 3.8) is 0 Å². The zero-order valence-corrected chi connectivity index (χ0v) is 9.61. The number of carbonyl (C=O) groups excluding carboxylic acids is 1. The molecule has 0 aliphatic heterocycles. The van der Waals surface area contributed by atoms with Crippen molar-refractivity contribution in [3.8, 4) is 11.5 Å². The first-order valence-corrected chi connectivity index (χ1v) is 5.31. The molecular weight excluding hydrogens is 250 g/mol. The van der Waals surface area contributed by atoms with Crippen LogP contribution >= 0.6 is 0 Å². The maximum Gasteiger partial charge on any atom is 0.325 e. The summed E-state index contributed by atoms with van der Waals surface area (Å²) in [6, 6.07) is 10.1. The Morgan fingerprint density at radius 2 is 1.68 bits per heavy atom. The molecule has 2 aromatic carbocycles. The topological polar surface area (TPSA) is 101 Å². The van der Waals surface area contributed by atoms with Gasteiger partial charge < -0.3 is 10.2 Å². The molecule has 6 heteroatoms. The minimum absolute atomic E-state index is 0.260. The number of nitro benzene ring substituents is 1. The molecule has 0 fully saturated rings. The Kier molecular flexibility index (Phi) is 3.15. The van der Waals surface area contributed by atoms with Gasteiger partial charge in [0.15, 0.2) is 11.5 Å². The number of ketones is 1. The minimum atomic E-state index is -0.910. The highest BCUT2D eigenvalue weighted by Gasteiger charge is 2.27. The highest BCUT2D eigenvalue weighted by molar-refractivity contribution is 6.12. The molecule has 0 atom stereocenters. The van der Waals surface area contributed by atoms with E-state index < -0.39 is 27.9 Å². The van der Waals surface area contributed by atoms with E-state index in [1.165, 1.54) is 12.1 Å². The van der Waals surface area contributed by atoms with Crippen LogP contribution in [0.25, 0.3) is 0 Å². The van der Waals surface area contributed by atoms with Crippen LogP contribution in [0.1, 0.15) is 15.9 Å². The van der Waals surface area contributed by atoms with Crippen molar-refractivity contribution in [3.05, 3.63) is 63.7 Å². The largest absolute Gasteiger partial charge is 0.504 e. The lowest BCUT2D eigenvalue weighted by atomic mass is 10.0. The van der Waals surface area contributed by atoms with Gasteiger partial charge in [-0.25, -0.2) is 0 Å². The Bertz CT molecular complexity index is 652. The molecule has 96 valence electrons. The van der Waals surface area contributed by atoms with Crippen molar-refractivity contribution in [1.29, 1.82) is 0 Å². The highest BCUT2D eigenvalue weighted by atomic mass is 16.6. The second-order valence-electron chi connectivity index (χ2n) is 3.78. The highest BCUT2D eigenvalue weighted by Crippen LogP contribution is 2.38. The summed E-state index contributed by atoms with van der Waals surface area (Å²) in [6.45, 7) is 0. The summed E-state index contributed by atoms with van der Waals surface area (Å²) in [5.74, 6) is -2.15. The summed E-state index contributed by atoms with van der Waals surface area (Å²) in [7, 11) is 0. The van der Waals surface area contributed by atoms with Gasteiger partial charge in [0.05, 0.1) is 4.92 Å². The number of hydrogen-bond acceptors (Lipinski definition) is 5. The SMILES string of the molecule is O=C(c1ccccc1)c1ccc(O)c(O)c1[N+](=O)[O-]. The lowest BCUT2D eigenvalue weighted by Crippen LogP contribution is -2.05. The number of hydrogen-bond donors (Lipinski definition) is 2. The molecule has 0 saturated heterocycles. The monoisotopic (exact) mass is 259 g/mol. The van der Waals surface area contributed by atoms with Gasteiger partial charge in [-0.05, 0) is 12.1 Å². The number of aromatic hydroxyl groups is 2. The molecule has 0 radical (unpaired) electrons. The molecule has 0 aliphatic rings. The molecule has 2 N–H and O–H groups in total. The molecule has 0 spiro atoms. The normalized spacial score (nSPS) is 10.1. The minimum Gasteiger partial charge on any atom is -0.504 e. The van der Waals surface area contributed by atoms with E-state index in [0.29, 0.717) is 0 Å². The molecule has 2 aromatic rings. The number of rotatable bonds is 3. The summed E-state index contributed by atoms with van der Waals surface area (Å²) < 4.78 is 0. The Morgan fingerprint density at radius 1 is 1.05 bits per heavy atom. The summed E-state index contributed by atoms with van der Waals surface area (Å²) in [5.41, 5.74) is -0.809. The van der Waals surface area contributed by atoms with Crippen molar-refractivity contribution in [2.24, 2.45) is 0 Å². The molecule has 0 amide bonds. The molecule has 2 rings (SSSR count). The first kappa shape index (κ1) is 12.6. The van der Waals surface area contributed by atoms with Crippen molar-refractivity contribution in [2.75, 3.05) is 0 Å². The fourth-order valence-corrected chi connectivity index (χ4v) is 1.68. The molecule has 0 aromatic heterocycles. The molecule has 0 heterocycles. The van der Waals surface area contributed by atoms with Gasteiger partial charge in [0.2, 0.25) is 5.75 Å². The van der Waals surface area contributed by atoms with Gasteiger partial charge >= 0.3 is 5.69 Å². The van der Waals surface area contributed by atoms with E-state index in [9.17, 15) is 25.1 Å². The van der Waals surface area contributed by atoms with Gasteiger partial charge in [0, 0.05) is 5.56 Å². The molecule has 0 bridgehead atoms. The van der Waals surface area contributed by atoms with Crippen molar-refractivity contribution < 1.29 is 19.9 Å². The maximum absolute atomic E-state index is 12.1. The van der Waals surface area contributed by atoms with Gasteiger partial charge in [-0.1, -0.05) is 30.3 Å². The average molecular weight is 259 g/mol. The first-order chi connectivity index (χ1) is 9.02. The van der Waals surface area contributed by atoms with Crippen molar-refractivity contribution in [2.45, 2.75) is 0 Å². The van der Waals surface area contributed by atoms with Crippen LogP contribution < -0.4 is 0 Å². The van der Waals surface area contributed by atoms with E-state index in [1.807, 2.05) is 0 Å². The van der Waals surface area contributed by atoms with Crippen LogP contribution in [0.15, 0.2) is 42.5 Å². The lowest BCUT2D eigenvalue weighted by molar-refractivity contribution is -0.386. The molecular formula is C13H9NO5. The lowest BCUT2D eigenvalue weighted by Gasteiger charge is -2.05. The van der Waals surface area contributed by atoms with Crippen molar-refractivity contribution in [1.82, 2.24) is 0 Å². The van der Waals surface area contributed by atoms with Crippen LogP contribution in [0, 0.1) is 10.1 Å². The zero-order valence-electron chi connectivity index (χ0n) is 9.61. The Balaban J connectivity index is 2.61. The third-order valence-electron chi connectivity index (χ3n) is 2.59. The average Bonchev–Trinajstić information content (AvgIpc) is 2.41. The van der Waals surface area contributed by atoms with Gasteiger partial charge in [0.1, 0.15) is 5.56 Å². The predicted octanol–water partition coefficient (Wildman–Crippen LogP) is 2.24. The number of phenols is 2. The van der Waals surface area contributed by atoms with E-state index in [4.69, 9.17) is 0 Å². The van der Waals surface area contributed by atoms with Crippen molar-refractivity contribution >= 4 is 11.5 Å². The number of carbonyl (C=O) groups is 1. The third kappa shape index (κ3) is 2.23. The van der Waals surface area contributed by atoms with E-state index in [2.05, 4.69) is 0 Å². The van der Waals surface area contributed by atoms with Crippen LogP contribution in [0.2, 0.25) is 0 Å². The summed E-state index contributed by atoms with van der Waals surface area (Å²) in [4.78, 5) is 22.2. The third-order valence-corrected chi connectivity index (χ3v) is 2.59. The summed E-state index contributed by atoms with van der Waals surface area (Å²) >= 11 is 0. The van der Waals surface area contributed by atoms with Crippen LogP contribution in [-0.2, 0) is 0 Å². The Labute approximate surface area is 107 Å². The smallest absolute Gasteiger partial charge is 0.325 e. The number of benzene rings is 2. The Morgan fingerprint density at radius 3 is 2.26 bits per heavy atom. The van der Waals surface area contributed by atoms with Crippen LogP contribution in [-0.4, -0.2) is 20.9 Å². The number of phenolic OH excluding ortho intramolecular Hbond substituents is 2. The van der Waals surface area contributed by atoms with Gasteiger partial charge in [0.25, 0.3) is 0 Å². The summed E-state index contributed by atoms with van der Waals surface area (Å²) in [5, 5.41) is 29.7. The molecule has 0 unspecified atom stereocenters. The van der Waals surface area contributed by atoms with E-state index in [0.717, 1.165) is 12.1 Å². The fourth-order valence-electron chi connectivity index (χ4n) is 1.68. The van der Waals surface area contributed by atoms with E-state index in [-0.39, 0.29) is 11.1 Å². The van der Waals surface area contributed by atoms with Crippen LogP contribution in [0.4, 0.5) is 5.69 Å². The number of nitro groups is 1. The number of nitrogens with zero attached hydrogens (tertiary/aromatic N) is 1. The zero-order chi connectivity index (χ0) is 14.0. The quantitative estimate of drug-likeness (QED) is 0.381. The summed E-state index contributed by atoms with van der Waals surface area (Å²) in [6.07, 6.45) is 0. The van der Waals surface area contributed by atoms with Gasteiger partial charge in [-0.3, -0.25) is 14.9 Å². The van der Waals surface area contributed by atoms with E-state index >= 15 is 0 Å². The molecule has 0 aliphatic carbocycles. The fraction of sp³-hybridized carbons (Fsp3) is 0. The standard InChI is InChI=1S/C13H9NO5/c15-10-7-6-9(11(13(10)17)14(18)19)12(16)8-4-2-1-3-5-8/h1-7,15,17H.